The quantitative estimate of drug-likeness (QED) is 0.688. The Balaban J connectivity index is 1.39. The van der Waals surface area contributed by atoms with Crippen molar-refractivity contribution >= 4 is 11.6 Å². The molecule has 4 nitrogen and oxygen atoms in total. The molecule has 1 atom stereocenters. The van der Waals surface area contributed by atoms with Crippen LogP contribution in [0.2, 0.25) is 0 Å². The molecule has 3 rings (SSSR count). The average Bonchev–Trinajstić information content (AvgIpc) is 2.74. The second-order valence-electron chi connectivity index (χ2n) is 7.94. The molecule has 1 aliphatic heterocycles. The summed E-state index contributed by atoms with van der Waals surface area (Å²) in [7, 11) is 1.62. The summed E-state index contributed by atoms with van der Waals surface area (Å²) in [5.74, 6) is 1.24. The number of hydrogen-bond donors (Lipinski definition) is 1. The van der Waals surface area contributed by atoms with E-state index in [4.69, 9.17) is 4.74 Å². The van der Waals surface area contributed by atoms with Gasteiger partial charge in [0.25, 0.3) is 0 Å². The monoisotopic (exact) mass is 398 g/mol. The molecule has 0 unspecified atom stereocenters. The van der Waals surface area contributed by atoms with Gasteiger partial charge in [0.15, 0.2) is 0 Å². The van der Waals surface area contributed by atoms with Crippen molar-refractivity contribution in [3.05, 3.63) is 59.9 Å². The first-order chi connectivity index (χ1) is 14.0. The van der Waals surface area contributed by atoms with Gasteiger partial charge in [0.1, 0.15) is 11.6 Å². The Morgan fingerprint density at radius 3 is 2.69 bits per heavy atom. The fraction of sp³-hybridized carbons (Fsp3) is 0.458. The number of amides is 1. The van der Waals surface area contributed by atoms with E-state index >= 15 is 0 Å². The number of piperidine rings is 1. The van der Waals surface area contributed by atoms with Crippen LogP contribution in [0.25, 0.3) is 0 Å². The summed E-state index contributed by atoms with van der Waals surface area (Å²) >= 11 is 0. The number of carbonyl (C=O) groups is 1. The summed E-state index contributed by atoms with van der Waals surface area (Å²) in [6.45, 7) is 4.20. The Hall–Kier alpha value is -2.40. The number of nitrogens with zero attached hydrogens (tertiary/aromatic N) is 1. The molecule has 5 heteroatoms. The molecular weight excluding hydrogens is 367 g/mol. The lowest BCUT2D eigenvalue weighted by molar-refractivity contribution is -0.116. The third-order valence-electron chi connectivity index (χ3n) is 5.88. The van der Waals surface area contributed by atoms with Crippen molar-refractivity contribution in [2.24, 2.45) is 5.92 Å². The average molecular weight is 399 g/mol. The van der Waals surface area contributed by atoms with Crippen LogP contribution in [0.15, 0.2) is 48.5 Å². The molecule has 0 aliphatic carbocycles. The minimum atomic E-state index is -0.115. The van der Waals surface area contributed by atoms with Gasteiger partial charge in [0.05, 0.1) is 7.11 Å². The van der Waals surface area contributed by atoms with Crippen molar-refractivity contribution in [1.82, 2.24) is 4.90 Å². The van der Waals surface area contributed by atoms with Gasteiger partial charge >= 0.3 is 0 Å². The van der Waals surface area contributed by atoms with Crippen LogP contribution in [0, 0.1) is 11.7 Å². The van der Waals surface area contributed by atoms with Crippen LogP contribution in [0.5, 0.6) is 5.75 Å². The van der Waals surface area contributed by atoms with Crippen LogP contribution in [-0.4, -0.2) is 37.0 Å². The molecule has 0 spiro atoms. The van der Waals surface area contributed by atoms with Gasteiger partial charge in [-0.25, -0.2) is 4.39 Å². The number of likely N-dealkylation sites (tertiary alicyclic amines) is 1. The van der Waals surface area contributed by atoms with Crippen LogP contribution in [0.1, 0.15) is 38.2 Å². The predicted octanol–water partition coefficient (Wildman–Crippen LogP) is 4.90. The van der Waals surface area contributed by atoms with E-state index in [1.165, 1.54) is 6.07 Å². The predicted molar refractivity (Wildman–Crippen MR) is 115 cm³/mol. The zero-order valence-corrected chi connectivity index (χ0v) is 17.4. The van der Waals surface area contributed by atoms with Crippen molar-refractivity contribution in [2.45, 2.75) is 45.1 Å². The summed E-state index contributed by atoms with van der Waals surface area (Å²) in [6, 6.07) is 14.8. The molecule has 29 heavy (non-hydrogen) atoms. The highest BCUT2D eigenvalue weighted by Gasteiger charge is 2.23. The second kappa shape index (κ2) is 10.4. The number of rotatable bonds is 8. The second-order valence-corrected chi connectivity index (χ2v) is 7.94. The SMILES string of the molecule is COc1cccc(NC(=O)CCC2CCN([C@H](C)Cc3ccccc3F)CC2)c1. The molecule has 1 saturated heterocycles. The van der Waals surface area contributed by atoms with Crippen molar-refractivity contribution < 1.29 is 13.9 Å². The van der Waals surface area contributed by atoms with Crippen LogP contribution in [0.4, 0.5) is 10.1 Å². The summed E-state index contributed by atoms with van der Waals surface area (Å²) in [4.78, 5) is 14.7. The van der Waals surface area contributed by atoms with E-state index in [0.29, 0.717) is 18.4 Å². The number of benzene rings is 2. The zero-order chi connectivity index (χ0) is 20.6. The lowest BCUT2D eigenvalue weighted by Gasteiger charge is -2.36. The molecule has 0 bridgehead atoms. The number of carbonyl (C=O) groups excluding carboxylic acids is 1. The van der Waals surface area contributed by atoms with Crippen molar-refractivity contribution in [2.75, 3.05) is 25.5 Å². The number of methoxy groups -OCH3 is 1. The Morgan fingerprint density at radius 1 is 1.21 bits per heavy atom. The molecule has 1 N–H and O–H groups in total. The number of nitrogens with one attached hydrogen (secondary N) is 1. The largest absolute Gasteiger partial charge is 0.497 e. The van der Waals surface area contributed by atoms with Crippen LogP contribution in [0.3, 0.4) is 0 Å². The van der Waals surface area contributed by atoms with Gasteiger partial charge in [0.2, 0.25) is 5.91 Å². The van der Waals surface area contributed by atoms with Gasteiger partial charge in [-0.05, 0) is 75.4 Å². The Kier molecular flexibility index (Phi) is 7.64. The van der Waals surface area contributed by atoms with Crippen LogP contribution >= 0.6 is 0 Å². The number of anilines is 1. The standard InChI is InChI=1S/C24H31FN2O2/c1-18(16-20-6-3-4-9-23(20)25)27-14-12-19(13-15-27)10-11-24(28)26-21-7-5-8-22(17-21)29-2/h3-9,17-19H,10-16H2,1-2H3,(H,26,28)/t18-/m1/s1. The molecule has 2 aromatic carbocycles. The lowest BCUT2D eigenvalue weighted by Crippen LogP contribution is -2.41. The molecule has 1 aliphatic rings. The first kappa shape index (κ1) is 21.3. The van der Waals surface area contributed by atoms with Gasteiger partial charge in [-0.15, -0.1) is 0 Å². The van der Waals surface area contributed by atoms with E-state index in [1.54, 1.807) is 13.2 Å². The number of halogens is 1. The van der Waals surface area contributed by atoms with E-state index in [2.05, 4.69) is 17.1 Å². The number of hydrogen-bond acceptors (Lipinski definition) is 3. The van der Waals surface area contributed by atoms with Gasteiger partial charge < -0.3 is 15.0 Å². The summed E-state index contributed by atoms with van der Waals surface area (Å²) in [5.41, 5.74) is 1.56. The van der Waals surface area contributed by atoms with Gasteiger partial charge in [-0.2, -0.15) is 0 Å². The molecule has 1 heterocycles. The smallest absolute Gasteiger partial charge is 0.224 e. The molecule has 1 fully saturated rings. The molecular formula is C24H31FN2O2. The molecule has 2 aromatic rings. The van der Waals surface area contributed by atoms with E-state index in [1.807, 2.05) is 36.4 Å². The normalized spacial score (nSPS) is 16.4. The molecule has 156 valence electrons. The van der Waals surface area contributed by atoms with Crippen molar-refractivity contribution in [1.29, 1.82) is 0 Å². The maximum Gasteiger partial charge on any atom is 0.224 e. The molecule has 0 aromatic heterocycles. The number of ether oxygens (including phenoxy) is 1. The van der Waals surface area contributed by atoms with E-state index in [0.717, 1.165) is 55.8 Å². The summed E-state index contributed by atoms with van der Waals surface area (Å²) in [5, 5.41) is 2.95. The van der Waals surface area contributed by atoms with Gasteiger partial charge in [-0.1, -0.05) is 24.3 Å². The van der Waals surface area contributed by atoms with E-state index in [-0.39, 0.29) is 11.7 Å². The fourth-order valence-corrected chi connectivity index (χ4v) is 4.05. The third-order valence-corrected chi connectivity index (χ3v) is 5.88. The van der Waals surface area contributed by atoms with Crippen molar-refractivity contribution in [3.8, 4) is 5.75 Å². The highest BCUT2D eigenvalue weighted by Crippen LogP contribution is 2.25. The van der Waals surface area contributed by atoms with Gasteiger partial charge in [-0.3, -0.25) is 4.79 Å². The van der Waals surface area contributed by atoms with Crippen molar-refractivity contribution in [3.63, 3.8) is 0 Å². The Bertz CT molecular complexity index is 803. The fourth-order valence-electron chi connectivity index (χ4n) is 4.05. The summed E-state index contributed by atoms with van der Waals surface area (Å²) in [6.07, 6.45) is 4.36. The van der Waals surface area contributed by atoms with E-state index < -0.39 is 0 Å². The maximum absolute atomic E-state index is 13.9. The molecule has 1 amide bonds. The Morgan fingerprint density at radius 2 is 1.97 bits per heavy atom. The van der Waals surface area contributed by atoms with E-state index in [9.17, 15) is 9.18 Å². The highest BCUT2D eigenvalue weighted by molar-refractivity contribution is 5.90. The summed E-state index contributed by atoms with van der Waals surface area (Å²) < 4.78 is 19.1. The zero-order valence-electron chi connectivity index (χ0n) is 17.4. The topological polar surface area (TPSA) is 41.6 Å². The minimum Gasteiger partial charge on any atom is -0.497 e. The van der Waals surface area contributed by atoms with Gasteiger partial charge in [0, 0.05) is 24.2 Å². The minimum absolute atomic E-state index is 0.0496. The Labute approximate surface area is 173 Å². The van der Waals surface area contributed by atoms with Crippen LogP contribution in [-0.2, 0) is 11.2 Å². The highest BCUT2D eigenvalue weighted by atomic mass is 19.1. The molecule has 0 saturated carbocycles. The van der Waals surface area contributed by atoms with Crippen LogP contribution < -0.4 is 10.1 Å². The molecule has 0 radical (unpaired) electrons. The maximum atomic E-state index is 13.9. The lowest BCUT2D eigenvalue weighted by atomic mass is 9.90. The third kappa shape index (κ3) is 6.29. The first-order valence-electron chi connectivity index (χ1n) is 10.5. The first-order valence-corrected chi connectivity index (χ1v) is 10.5.